The van der Waals surface area contributed by atoms with E-state index in [0.29, 0.717) is 6.04 Å². The van der Waals surface area contributed by atoms with Crippen LogP contribution in [-0.2, 0) is 6.42 Å². The minimum Gasteiger partial charge on any atom is -0.393 e. The quantitative estimate of drug-likeness (QED) is 0.260. The molecule has 2 heterocycles. The highest BCUT2D eigenvalue weighted by molar-refractivity contribution is 14.0. The molecule has 0 atom stereocenters. The predicted octanol–water partition coefficient (Wildman–Crippen LogP) is 2.14. The Bertz CT molecular complexity index is 696. The van der Waals surface area contributed by atoms with Crippen LogP contribution in [0.1, 0.15) is 44.9 Å². The van der Waals surface area contributed by atoms with Crippen LogP contribution in [0.15, 0.2) is 29.4 Å². The number of nitrogens with zero attached hydrogens (tertiary/aromatic N) is 4. The average Bonchev–Trinajstić information content (AvgIpc) is 3.04. The van der Waals surface area contributed by atoms with Gasteiger partial charge in [0.1, 0.15) is 5.82 Å². The lowest BCUT2D eigenvalue weighted by Crippen LogP contribution is -2.45. The zero-order chi connectivity index (χ0) is 17.5. The van der Waals surface area contributed by atoms with E-state index in [1.54, 1.807) is 0 Å². The summed E-state index contributed by atoms with van der Waals surface area (Å²) < 4.78 is 2.03. The highest BCUT2D eigenvalue weighted by atomic mass is 127. The maximum Gasteiger partial charge on any atom is 0.191 e. The molecule has 0 aromatic carbocycles. The van der Waals surface area contributed by atoms with Gasteiger partial charge in [-0.25, -0.2) is 0 Å². The lowest BCUT2D eigenvalue weighted by Gasteiger charge is -2.27. The number of aromatic nitrogens is 3. The molecule has 144 valence electrons. The smallest absolute Gasteiger partial charge is 0.191 e. The van der Waals surface area contributed by atoms with E-state index in [4.69, 9.17) is 0 Å². The number of guanidine groups is 1. The van der Waals surface area contributed by atoms with Crippen molar-refractivity contribution in [2.45, 2.75) is 57.6 Å². The number of aliphatic hydroxyl groups is 1. The van der Waals surface area contributed by atoms with E-state index in [-0.39, 0.29) is 30.1 Å². The van der Waals surface area contributed by atoms with Crippen LogP contribution in [0.5, 0.6) is 0 Å². The fourth-order valence-corrected chi connectivity index (χ4v) is 3.22. The summed E-state index contributed by atoms with van der Waals surface area (Å²) >= 11 is 0. The Balaban J connectivity index is 0.00000243. The van der Waals surface area contributed by atoms with Crippen molar-refractivity contribution in [2.24, 2.45) is 4.99 Å². The van der Waals surface area contributed by atoms with Gasteiger partial charge < -0.3 is 15.7 Å². The Morgan fingerprint density at radius 3 is 2.85 bits per heavy atom. The normalized spacial score (nSPS) is 20.6. The Morgan fingerprint density at radius 2 is 2.08 bits per heavy atom. The zero-order valence-corrected chi connectivity index (χ0v) is 17.6. The maximum absolute atomic E-state index is 9.62. The number of fused-ring (bicyclic) bond motifs is 1. The molecule has 0 spiro atoms. The van der Waals surface area contributed by atoms with Crippen molar-refractivity contribution in [1.29, 1.82) is 0 Å². The lowest BCUT2D eigenvalue weighted by molar-refractivity contribution is 0.120. The minimum atomic E-state index is -0.129. The molecule has 0 unspecified atom stereocenters. The zero-order valence-electron chi connectivity index (χ0n) is 15.3. The maximum atomic E-state index is 9.62. The second-order valence-corrected chi connectivity index (χ2v) is 6.56. The molecule has 0 amide bonds. The molecule has 0 radical (unpaired) electrons. The second kappa shape index (κ2) is 10.7. The van der Waals surface area contributed by atoms with E-state index in [2.05, 4.69) is 32.7 Å². The third-order valence-electron chi connectivity index (χ3n) is 4.59. The summed E-state index contributed by atoms with van der Waals surface area (Å²) in [5.74, 6) is 1.85. The van der Waals surface area contributed by atoms with Crippen LogP contribution >= 0.6 is 24.0 Å². The molecular weight excluding hydrogens is 443 g/mol. The van der Waals surface area contributed by atoms with Crippen LogP contribution in [0.2, 0.25) is 0 Å². The van der Waals surface area contributed by atoms with Gasteiger partial charge in [0.2, 0.25) is 0 Å². The predicted molar refractivity (Wildman–Crippen MR) is 114 cm³/mol. The van der Waals surface area contributed by atoms with Gasteiger partial charge in [-0.05, 0) is 51.2 Å². The van der Waals surface area contributed by atoms with Crippen molar-refractivity contribution in [3.05, 3.63) is 30.2 Å². The third kappa shape index (κ3) is 5.80. The van der Waals surface area contributed by atoms with Crippen LogP contribution in [0.25, 0.3) is 5.65 Å². The van der Waals surface area contributed by atoms with Gasteiger partial charge in [-0.2, -0.15) is 0 Å². The molecule has 0 bridgehead atoms. The van der Waals surface area contributed by atoms with E-state index in [1.807, 2.05) is 28.8 Å². The first-order chi connectivity index (χ1) is 12.3. The van der Waals surface area contributed by atoms with Crippen molar-refractivity contribution in [1.82, 2.24) is 25.2 Å². The Hall–Kier alpha value is -1.42. The van der Waals surface area contributed by atoms with Crippen molar-refractivity contribution in [2.75, 3.05) is 13.1 Å². The largest absolute Gasteiger partial charge is 0.393 e. The molecule has 2 aromatic rings. The lowest BCUT2D eigenvalue weighted by atomic mass is 9.93. The number of aliphatic imine (C=N–C) groups is 1. The molecule has 2 aromatic heterocycles. The summed E-state index contributed by atoms with van der Waals surface area (Å²) in [6.45, 7) is 3.66. The molecule has 3 N–H and O–H groups in total. The third-order valence-corrected chi connectivity index (χ3v) is 4.59. The van der Waals surface area contributed by atoms with Crippen molar-refractivity contribution in [3.63, 3.8) is 0 Å². The molecular formula is C18H29IN6O. The fourth-order valence-electron chi connectivity index (χ4n) is 3.22. The fraction of sp³-hybridized carbons (Fsp3) is 0.611. The second-order valence-electron chi connectivity index (χ2n) is 6.56. The molecule has 1 fully saturated rings. The van der Waals surface area contributed by atoms with E-state index >= 15 is 0 Å². The highest BCUT2D eigenvalue weighted by Gasteiger charge is 2.19. The van der Waals surface area contributed by atoms with E-state index in [0.717, 1.165) is 69.0 Å². The number of hydrogen-bond acceptors (Lipinski definition) is 4. The summed E-state index contributed by atoms with van der Waals surface area (Å²) in [5, 5.41) is 24.9. The Labute approximate surface area is 171 Å². The molecule has 26 heavy (non-hydrogen) atoms. The number of hydrogen-bond donors (Lipinski definition) is 3. The molecule has 1 aliphatic rings. The highest BCUT2D eigenvalue weighted by Crippen LogP contribution is 2.18. The summed E-state index contributed by atoms with van der Waals surface area (Å²) in [7, 11) is 0. The SMILES string of the molecule is CCNC(=NCCCc1nnc2ccccn12)NC1CCC(O)CC1.I. The van der Waals surface area contributed by atoms with Crippen molar-refractivity contribution in [3.8, 4) is 0 Å². The Morgan fingerprint density at radius 1 is 1.27 bits per heavy atom. The molecule has 8 heteroatoms. The number of nitrogens with one attached hydrogen (secondary N) is 2. The summed E-state index contributed by atoms with van der Waals surface area (Å²) in [6, 6.07) is 6.33. The van der Waals surface area contributed by atoms with Crippen LogP contribution in [0, 0.1) is 0 Å². The van der Waals surface area contributed by atoms with Gasteiger partial charge in [-0.1, -0.05) is 6.07 Å². The van der Waals surface area contributed by atoms with Gasteiger partial charge in [0.05, 0.1) is 6.10 Å². The first-order valence-electron chi connectivity index (χ1n) is 9.28. The minimum absolute atomic E-state index is 0. The van der Waals surface area contributed by atoms with E-state index < -0.39 is 0 Å². The first kappa shape index (κ1) is 20.9. The van der Waals surface area contributed by atoms with Gasteiger partial charge in [-0.3, -0.25) is 9.39 Å². The van der Waals surface area contributed by atoms with Gasteiger partial charge in [-0.15, -0.1) is 34.2 Å². The number of pyridine rings is 1. The number of aliphatic hydroxyl groups excluding tert-OH is 1. The van der Waals surface area contributed by atoms with Gasteiger partial charge in [0.25, 0.3) is 0 Å². The van der Waals surface area contributed by atoms with Crippen LogP contribution in [-0.4, -0.2) is 50.9 Å². The van der Waals surface area contributed by atoms with Gasteiger partial charge in [0.15, 0.2) is 11.6 Å². The van der Waals surface area contributed by atoms with Crippen molar-refractivity contribution >= 4 is 35.6 Å². The van der Waals surface area contributed by atoms with E-state index in [9.17, 15) is 5.11 Å². The molecule has 0 saturated heterocycles. The summed E-state index contributed by atoms with van der Waals surface area (Å²) in [4.78, 5) is 4.68. The monoisotopic (exact) mass is 472 g/mol. The summed E-state index contributed by atoms with van der Waals surface area (Å²) in [6.07, 6.45) is 7.38. The molecule has 7 nitrogen and oxygen atoms in total. The van der Waals surface area contributed by atoms with Crippen molar-refractivity contribution < 1.29 is 5.11 Å². The molecule has 0 aliphatic heterocycles. The first-order valence-corrected chi connectivity index (χ1v) is 9.28. The van der Waals surface area contributed by atoms with Crippen LogP contribution in [0.3, 0.4) is 0 Å². The number of halogens is 1. The van der Waals surface area contributed by atoms with Crippen LogP contribution in [0.4, 0.5) is 0 Å². The summed E-state index contributed by atoms with van der Waals surface area (Å²) in [5.41, 5.74) is 0.885. The standard InChI is InChI=1S/C18H28N6O.HI/c1-2-19-18(21-14-8-10-15(25)11-9-14)20-12-5-7-17-23-22-16-6-3-4-13-24(16)17;/h3-4,6,13-15,25H,2,5,7-12H2,1H3,(H2,19,20,21);1H. The number of aryl methyl sites for hydroxylation is 1. The molecule has 1 saturated carbocycles. The Kier molecular flexibility index (Phi) is 8.56. The molecule has 3 rings (SSSR count). The van der Waals surface area contributed by atoms with Crippen LogP contribution < -0.4 is 10.6 Å². The average molecular weight is 472 g/mol. The van der Waals surface area contributed by atoms with E-state index in [1.165, 1.54) is 0 Å². The number of rotatable bonds is 6. The molecule has 1 aliphatic carbocycles. The van der Waals surface area contributed by atoms with Gasteiger partial charge >= 0.3 is 0 Å². The topological polar surface area (TPSA) is 86.8 Å². The van der Waals surface area contributed by atoms with Gasteiger partial charge in [0, 0.05) is 31.7 Å².